The molecule has 0 unspecified atom stereocenters. The highest BCUT2D eigenvalue weighted by Gasteiger charge is 1.99. The summed E-state index contributed by atoms with van der Waals surface area (Å²) in [4.78, 5) is 0. The average Bonchev–Trinajstić information content (AvgIpc) is 2.80. The molecule has 0 aromatic heterocycles. The van der Waals surface area contributed by atoms with E-state index in [-0.39, 0.29) is 0 Å². The zero-order valence-electron chi connectivity index (χ0n) is 15.6. The Kier molecular flexibility index (Phi) is 5.78. The Labute approximate surface area is 169 Å². The summed E-state index contributed by atoms with van der Waals surface area (Å²) in [6.45, 7) is 0. The Bertz CT molecular complexity index is 1000. The molecular formula is C24H18N4O. The van der Waals surface area contributed by atoms with Crippen LogP contribution in [0, 0.1) is 0 Å². The van der Waals surface area contributed by atoms with Crippen molar-refractivity contribution in [1.29, 1.82) is 0 Å². The van der Waals surface area contributed by atoms with Gasteiger partial charge in [0.2, 0.25) is 0 Å². The third kappa shape index (κ3) is 5.43. The molecule has 0 aliphatic heterocycles. The second-order valence-electron chi connectivity index (χ2n) is 6.16. The maximum Gasteiger partial charge on any atom is 0.127 e. The van der Waals surface area contributed by atoms with Crippen LogP contribution in [0.5, 0.6) is 11.5 Å². The van der Waals surface area contributed by atoms with Crippen LogP contribution in [0.2, 0.25) is 0 Å². The summed E-state index contributed by atoms with van der Waals surface area (Å²) >= 11 is 0. The van der Waals surface area contributed by atoms with Gasteiger partial charge in [-0.05, 0) is 72.8 Å². The number of hydrogen-bond donors (Lipinski definition) is 0. The van der Waals surface area contributed by atoms with Crippen LogP contribution < -0.4 is 4.74 Å². The van der Waals surface area contributed by atoms with Gasteiger partial charge in [-0.1, -0.05) is 36.4 Å². The zero-order chi connectivity index (χ0) is 19.7. The molecule has 140 valence electrons. The predicted octanol–water partition coefficient (Wildman–Crippen LogP) is 8.31. The monoisotopic (exact) mass is 378 g/mol. The van der Waals surface area contributed by atoms with Gasteiger partial charge in [-0.3, -0.25) is 0 Å². The summed E-state index contributed by atoms with van der Waals surface area (Å²) < 4.78 is 5.87. The molecule has 0 spiro atoms. The van der Waals surface area contributed by atoms with Crippen molar-refractivity contribution < 1.29 is 4.74 Å². The molecule has 0 saturated carbocycles. The van der Waals surface area contributed by atoms with Gasteiger partial charge in [0.25, 0.3) is 0 Å². The smallest absolute Gasteiger partial charge is 0.127 e. The van der Waals surface area contributed by atoms with Crippen molar-refractivity contribution in [1.82, 2.24) is 0 Å². The second kappa shape index (κ2) is 9.19. The van der Waals surface area contributed by atoms with Crippen LogP contribution in [0.3, 0.4) is 0 Å². The molecule has 0 aliphatic rings. The fourth-order valence-corrected chi connectivity index (χ4v) is 2.52. The van der Waals surface area contributed by atoms with Crippen LogP contribution >= 0.6 is 0 Å². The lowest BCUT2D eigenvalue weighted by molar-refractivity contribution is 0.483. The Morgan fingerprint density at radius 1 is 0.345 bits per heavy atom. The third-order valence-electron chi connectivity index (χ3n) is 3.98. The van der Waals surface area contributed by atoms with Crippen LogP contribution in [0.25, 0.3) is 0 Å². The van der Waals surface area contributed by atoms with E-state index in [1.165, 1.54) is 0 Å². The van der Waals surface area contributed by atoms with Crippen LogP contribution in [0.1, 0.15) is 0 Å². The van der Waals surface area contributed by atoms with Crippen molar-refractivity contribution >= 4 is 22.7 Å². The second-order valence-corrected chi connectivity index (χ2v) is 6.16. The molecule has 0 atom stereocenters. The molecular weight excluding hydrogens is 360 g/mol. The first-order valence-corrected chi connectivity index (χ1v) is 9.17. The summed E-state index contributed by atoms with van der Waals surface area (Å²) in [5.74, 6) is 1.45. The van der Waals surface area contributed by atoms with Crippen molar-refractivity contribution in [2.75, 3.05) is 0 Å². The van der Waals surface area contributed by atoms with Crippen molar-refractivity contribution in [3.8, 4) is 11.5 Å². The lowest BCUT2D eigenvalue weighted by atomic mass is 10.3. The first-order chi connectivity index (χ1) is 14.3. The molecule has 0 aliphatic carbocycles. The summed E-state index contributed by atoms with van der Waals surface area (Å²) in [6, 6.07) is 34.2. The highest BCUT2D eigenvalue weighted by atomic mass is 16.5. The fraction of sp³-hybridized carbons (Fsp3) is 0. The average molecular weight is 378 g/mol. The normalized spacial score (nSPS) is 11.2. The number of hydrogen-bond acceptors (Lipinski definition) is 5. The van der Waals surface area contributed by atoms with Crippen LogP contribution in [0.4, 0.5) is 22.7 Å². The molecule has 4 aromatic carbocycles. The first kappa shape index (κ1) is 18.3. The Hall–Kier alpha value is -4.12. The van der Waals surface area contributed by atoms with Crippen LogP contribution in [0.15, 0.2) is 130 Å². The Morgan fingerprint density at radius 2 is 0.655 bits per heavy atom. The van der Waals surface area contributed by atoms with Crippen molar-refractivity contribution in [2.24, 2.45) is 20.5 Å². The number of rotatable bonds is 6. The number of ether oxygens (including phenoxy) is 1. The molecule has 0 bridgehead atoms. The van der Waals surface area contributed by atoms with E-state index >= 15 is 0 Å². The van der Waals surface area contributed by atoms with Gasteiger partial charge in [0.05, 0.1) is 22.7 Å². The zero-order valence-corrected chi connectivity index (χ0v) is 15.6. The van der Waals surface area contributed by atoms with Gasteiger partial charge in [-0.2, -0.15) is 20.5 Å². The minimum atomic E-state index is 0.724. The molecule has 0 amide bonds. The topological polar surface area (TPSA) is 58.7 Å². The Balaban J connectivity index is 1.36. The first-order valence-electron chi connectivity index (χ1n) is 9.17. The number of nitrogens with zero attached hydrogens (tertiary/aromatic N) is 4. The number of benzene rings is 4. The van der Waals surface area contributed by atoms with E-state index in [2.05, 4.69) is 20.5 Å². The van der Waals surface area contributed by atoms with Gasteiger partial charge >= 0.3 is 0 Å². The van der Waals surface area contributed by atoms with E-state index in [9.17, 15) is 0 Å². The van der Waals surface area contributed by atoms with E-state index in [0.29, 0.717) is 0 Å². The minimum Gasteiger partial charge on any atom is -0.457 e. The standard InChI is InChI=1S/C24H18N4O/c1-3-7-19(8-4-1)25-27-21-11-15-23(16-12-21)29-24-17-13-22(14-18-24)28-26-20-9-5-2-6-10-20/h1-18H/b27-25+,28-26+. The molecule has 0 fully saturated rings. The third-order valence-corrected chi connectivity index (χ3v) is 3.98. The lowest BCUT2D eigenvalue weighted by Crippen LogP contribution is -1.82. The minimum absolute atomic E-state index is 0.724. The van der Waals surface area contributed by atoms with E-state index in [1.54, 1.807) is 0 Å². The predicted molar refractivity (Wildman–Crippen MR) is 114 cm³/mol. The van der Waals surface area contributed by atoms with Gasteiger partial charge in [0.15, 0.2) is 0 Å². The van der Waals surface area contributed by atoms with Gasteiger partial charge < -0.3 is 4.74 Å². The van der Waals surface area contributed by atoms with E-state index in [1.807, 2.05) is 109 Å². The molecule has 0 N–H and O–H groups in total. The van der Waals surface area contributed by atoms with Gasteiger partial charge in [-0.25, -0.2) is 0 Å². The summed E-state index contributed by atoms with van der Waals surface area (Å²) in [5.41, 5.74) is 3.16. The Morgan fingerprint density at radius 3 is 1.00 bits per heavy atom. The van der Waals surface area contributed by atoms with Crippen LogP contribution in [-0.4, -0.2) is 0 Å². The summed E-state index contributed by atoms with van der Waals surface area (Å²) in [6.07, 6.45) is 0. The van der Waals surface area contributed by atoms with E-state index < -0.39 is 0 Å². The van der Waals surface area contributed by atoms with Crippen molar-refractivity contribution in [3.63, 3.8) is 0 Å². The van der Waals surface area contributed by atoms with Gasteiger partial charge in [-0.15, -0.1) is 0 Å². The highest BCUT2D eigenvalue weighted by Crippen LogP contribution is 2.27. The fourth-order valence-electron chi connectivity index (χ4n) is 2.52. The molecule has 4 aromatic rings. The van der Waals surface area contributed by atoms with Crippen molar-refractivity contribution in [3.05, 3.63) is 109 Å². The quantitative estimate of drug-likeness (QED) is 0.311. The van der Waals surface area contributed by atoms with Gasteiger partial charge in [0.1, 0.15) is 11.5 Å². The maximum atomic E-state index is 5.87. The SMILES string of the molecule is c1ccc(/N=N/c2ccc(Oc3ccc(/N=N/c4ccccc4)cc3)cc2)cc1. The lowest BCUT2D eigenvalue weighted by Gasteiger charge is -2.05. The molecule has 0 saturated heterocycles. The summed E-state index contributed by atoms with van der Waals surface area (Å²) in [7, 11) is 0. The molecule has 4 rings (SSSR count). The molecule has 0 heterocycles. The highest BCUT2D eigenvalue weighted by molar-refractivity contribution is 5.46. The van der Waals surface area contributed by atoms with Crippen molar-refractivity contribution in [2.45, 2.75) is 0 Å². The van der Waals surface area contributed by atoms with E-state index in [0.717, 1.165) is 34.2 Å². The molecule has 5 heteroatoms. The largest absolute Gasteiger partial charge is 0.457 e. The molecule has 0 radical (unpaired) electrons. The van der Waals surface area contributed by atoms with E-state index in [4.69, 9.17) is 4.74 Å². The van der Waals surface area contributed by atoms with Crippen LogP contribution in [-0.2, 0) is 0 Å². The number of azo groups is 2. The molecule has 5 nitrogen and oxygen atoms in total. The summed E-state index contributed by atoms with van der Waals surface area (Å²) in [5, 5.41) is 16.9. The van der Waals surface area contributed by atoms with Gasteiger partial charge in [0, 0.05) is 0 Å². The maximum absolute atomic E-state index is 5.87. The molecule has 29 heavy (non-hydrogen) atoms.